The van der Waals surface area contributed by atoms with E-state index in [-0.39, 0.29) is 0 Å². The van der Waals surface area contributed by atoms with Gasteiger partial charge in [-0.1, -0.05) is 38.3 Å². The molecule has 1 aliphatic rings. The second kappa shape index (κ2) is 5.51. The predicted octanol–water partition coefficient (Wildman–Crippen LogP) is 3.41. The zero-order valence-electron chi connectivity index (χ0n) is 11.3. The Hall–Kier alpha value is -1.71. The Labute approximate surface area is 113 Å². The van der Waals surface area contributed by atoms with Crippen molar-refractivity contribution in [3.05, 3.63) is 24.3 Å². The largest absolute Gasteiger partial charge is 0.350 e. The average molecular weight is 256 g/mol. The van der Waals surface area contributed by atoms with Crippen molar-refractivity contribution in [2.24, 2.45) is 5.92 Å². The van der Waals surface area contributed by atoms with E-state index in [2.05, 4.69) is 27.4 Å². The molecule has 19 heavy (non-hydrogen) atoms. The molecule has 2 unspecified atom stereocenters. The molecular formula is C15H20N4. The third kappa shape index (κ3) is 2.83. The van der Waals surface area contributed by atoms with Gasteiger partial charge in [0.25, 0.3) is 0 Å². The minimum atomic E-state index is 0.477. The van der Waals surface area contributed by atoms with Gasteiger partial charge in [0.15, 0.2) is 0 Å². The van der Waals surface area contributed by atoms with Crippen LogP contribution in [0.1, 0.15) is 39.0 Å². The first kappa shape index (κ1) is 12.3. The highest BCUT2D eigenvalue weighted by Gasteiger charge is 2.20. The van der Waals surface area contributed by atoms with Gasteiger partial charge in [0, 0.05) is 6.04 Å². The van der Waals surface area contributed by atoms with Gasteiger partial charge in [-0.15, -0.1) is 10.2 Å². The van der Waals surface area contributed by atoms with Crippen LogP contribution in [0.15, 0.2) is 24.3 Å². The van der Waals surface area contributed by atoms with Crippen molar-refractivity contribution in [3.8, 4) is 0 Å². The molecule has 0 aliphatic heterocycles. The number of nitrogens with zero attached hydrogens (tertiary/aromatic N) is 3. The second-order valence-corrected chi connectivity index (χ2v) is 5.49. The molecule has 4 heteroatoms. The Morgan fingerprint density at radius 2 is 1.79 bits per heavy atom. The fraction of sp³-hybridized carbons (Fsp3) is 0.533. The number of aromatic nitrogens is 3. The zero-order chi connectivity index (χ0) is 13.1. The lowest BCUT2D eigenvalue weighted by Gasteiger charge is -2.22. The lowest BCUT2D eigenvalue weighted by molar-refractivity contribution is 0.454. The summed E-state index contributed by atoms with van der Waals surface area (Å²) in [6, 6.07) is 8.33. The van der Waals surface area contributed by atoms with Crippen molar-refractivity contribution in [2.45, 2.75) is 45.1 Å². The molecule has 2 aromatic rings. The molecule has 1 aliphatic carbocycles. The van der Waals surface area contributed by atoms with Gasteiger partial charge in [-0.05, 0) is 30.9 Å². The second-order valence-electron chi connectivity index (χ2n) is 5.49. The van der Waals surface area contributed by atoms with Gasteiger partial charge in [0.1, 0.15) is 5.52 Å². The van der Waals surface area contributed by atoms with Crippen molar-refractivity contribution in [3.63, 3.8) is 0 Å². The highest BCUT2D eigenvalue weighted by molar-refractivity contribution is 5.74. The van der Waals surface area contributed by atoms with Gasteiger partial charge in [0.2, 0.25) is 5.95 Å². The summed E-state index contributed by atoms with van der Waals surface area (Å²) in [5.41, 5.74) is 1.75. The van der Waals surface area contributed by atoms with Crippen LogP contribution >= 0.6 is 0 Å². The number of para-hydroxylation sites is 1. The molecule has 0 radical (unpaired) electrons. The topological polar surface area (TPSA) is 50.7 Å². The summed E-state index contributed by atoms with van der Waals surface area (Å²) < 4.78 is 0. The number of hydrogen-bond donors (Lipinski definition) is 1. The van der Waals surface area contributed by atoms with Crippen molar-refractivity contribution in [1.29, 1.82) is 0 Å². The maximum atomic E-state index is 4.55. The quantitative estimate of drug-likeness (QED) is 0.837. The molecule has 0 spiro atoms. The maximum absolute atomic E-state index is 4.55. The smallest absolute Gasteiger partial charge is 0.243 e. The van der Waals surface area contributed by atoms with Gasteiger partial charge < -0.3 is 5.32 Å². The summed E-state index contributed by atoms with van der Waals surface area (Å²) in [5.74, 6) is 1.34. The van der Waals surface area contributed by atoms with E-state index < -0.39 is 0 Å². The molecule has 2 atom stereocenters. The Morgan fingerprint density at radius 1 is 1.00 bits per heavy atom. The average Bonchev–Trinajstić information content (AvgIpc) is 2.64. The van der Waals surface area contributed by atoms with Crippen molar-refractivity contribution in [1.82, 2.24) is 15.2 Å². The summed E-state index contributed by atoms with van der Waals surface area (Å²) in [6.45, 7) is 2.32. The Bertz CT molecular complexity index is 555. The molecule has 1 aromatic carbocycles. The van der Waals surface area contributed by atoms with E-state index in [4.69, 9.17) is 0 Å². The number of nitrogens with one attached hydrogen (secondary N) is 1. The third-order valence-electron chi connectivity index (χ3n) is 4.04. The lowest BCUT2D eigenvalue weighted by atomic mass is 9.97. The molecule has 1 fully saturated rings. The van der Waals surface area contributed by atoms with Crippen molar-refractivity contribution in [2.75, 3.05) is 5.32 Å². The molecule has 1 heterocycles. The standard InChI is InChI=1S/C15H20N4/c1-11-7-3-2-4-8-12(11)16-15-17-13-9-5-6-10-14(13)18-19-15/h5-6,9-12H,2-4,7-8H2,1H3,(H,16,17,19). The summed E-state index contributed by atoms with van der Waals surface area (Å²) in [5, 5.41) is 11.9. The number of hydrogen-bond acceptors (Lipinski definition) is 4. The molecule has 100 valence electrons. The Kier molecular flexibility index (Phi) is 3.58. The lowest BCUT2D eigenvalue weighted by Crippen LogP contribution is -2.27. The first-order valence-corrected chi connectivity index (χ1v) is 7.19. The van der Waals surface area contributed by atoms with Crippen LogP contribution in [-0.2, 0) is 0 Å². The minimum Gasteiger partial charge on any atom is -0.350 e. The van der Waals surface area contributed by atoms with E-state index in [0.29, 0.717) is 17.9 Å². The van der Waals surface area contributed by atoms with Crippen LogP contribution in [0.25, 0.3) is 11.0 Å². The Morgan fingerprint density at radius 3 is 2.68 bits per heavy atom. The first-order chi connectivity index (χ1) is 9.33. The van der Waals surface area contributed by atoms with E-state index in [1.807, 2.05) is 24.3 Å². The first-order valence-electron chi connectivity index (χ1n) is 7.19. The van der Waals surface area contributed by atoms with E-state index in [0.717, 1.165) is 11.0 Å². The van der Waals surface area contributed by atoms with Crippen molar-refractivity contribution >= 4 is 17.0 Å². The monoisotopic (exact) mass is 256 g/mol. The number of fused-ring (bicyclic) bond motifs is 1. The van der Waals surface area contributed by atoms with Crippen LogP contribution in [-0.4, -0.2) is 21.2 Å². The predicted molar refractivity (Wildman–Crippen MR) is 77.0 cm³/mol. The number of rotatable bonds is 2. The van der Waals surface area contributed by atoms with Gasteiger partial charge in [-0.3, -0.25) is 0 Å². The summed E-state index contributed by atoms with van der Waals surface area (Å²) >= 11 is 0. The van der Waals surface area contributed by atoms with Gasteiger partial charge >= 0.3 is 0 Å². The summed E-state index contributed by atoms with van der Waals surface area (Å²) in [7, 11) is 0. The van der Waals surface area contributed by atoms with E-state index in [1.165, 1.54) is 32.1 Å². The molecule has 1 saturated carbocycles. The summed E-state index contributed by atoms with van der Waals surface area (Å²) in [4.78, 5) is 4.55. The SMILES string of the molecule is CC1CCCCCC1Nc1nnc2ccccc2n1. The molecule has 0 amide bonds. The molecule has 4 nitrogen and oxygen atoms in total. The van der Waals surface area contributed by atoms with Crippen LogP contribution < -0.4 is 5.32 Å². The fourth-order valence-corrected chi connectivity index (χ4v) is 2.82. The minimum absolute atomic E-state index is 0.477. The highest BCUT2D eigenvalue weighted by Crippen LogP contribution is 2.25. The molecule has 0 bridgehead atoms. The number of anilines is 1. The molecule has 3 rings (SSSR count). The fourth-order valence-electron chi connectivity index (χ4n) is 2.82. The van der Waals surface area contributed by atoms with Crippen LogP contribution in [0.4, 0.5) is 5.95 Å². The van der Waals surface area contributed by atoms with Gasteiger partial charge in [0.05, 0.1) is 5.52 Å². The summed E-state index contributed by atoms with van der Waals surface area (Å²) in [6.07, 6.45) is 6.48. The maximum Gasteiger partial charge on any atom is 0.243 e. The Balaban J connectivity index is 1.80. The molecular weight excluding hydrogens is 236 g/mol. The molecule has 1 N–H and O–H groups in total. The third-order valence-corrected chi connectivity index (χ3v) is 4.04. The van der Waals surface area contributed by atoms with E-state index in [1.54, 1.807) is 0 Å². The number of benzene rings is 1. The zero-order valence-corrected chi connectivity index (χ0v) is 11.3. The van der Waals surface area contributed by atoms with Gasteiger partial charge in [-0.25, -0.2) is 4.98 Å². The van der Waals surface area contributed by atoms with Crippen LogP contribution in [0.2, 0.25) is 0 Å². The molecule has 0 saturated heterocycles. The normalized spacial score (nSPS) is 24.1. The molecule has 1 aromatic heterocycles. The highest BCUT2D eigenvalue weighted by atomic mass is 15.2. The van der Waals surface area contributed by atoms with E-state index >= 15 is 0 Å². The van der Waals surface area contributed by atoms with Crippen molar-refractivity contribution < 1.29 is 0 Å². The van der Waals surface area contributed by atoms with Crippen LogP contribution in [0, 0.1) is 5.92 Å². The van der Waals surface area contributed by atoms with Crippen LogP contribution in [0.3, 0.4) is 0 Å². The van der Waals surface area contributed by atoms with E-state index in [9.17, 15) is 0 Å². The van der Waals surface area contributed by atoms with Gasteiger partial charge in [-0.2, -0.15) is 0 Å². The van der Waals surface area contributed by atoms with Crippen LogP contribution in [0.5, 0.6) is 0 Å².